The summed E-state index contributed by atoms with van der Waals surface area (Å²) < 4.78 is 1.84. The Morgan fingerprint density at radius 1 is 1.60 bits per heavy atom. The van der Waals surface area contributed by atoms with Crippen molar-refractivity contribution < 1.29 is 4.79 Å². The molecule has 0 aliphatic carbocycles. The molecule has 1 amide bonds. The Balaban J connectivity index is 2.22. The van der Waals surface area contributed by atoms with E-state index in [2.05, 4.69) is 15.3 Å². The molecule has 0 saturated carbocycles. The van der Waals surface area contributed by atoms with Crippen LogP contribution in [0.5, 0.6) is 0 Å². The van der Waals surface area contributed by atoms with Gasteiger partial charge in [0.25, 0.3) is 0 Å². The van der Waals surface area contributed by atoms with Gasteiger partial charge in [0, 0.05) is 7.05 Å². The van der Waals surface area contributed by atoms with Crippen LogP contribution >= 0.6 is 0 Å². The van der Waals surface area contributed by atoms with Crippen molar-refractivity contribution in [3.8, 4) is 0 Å². The Labute approximate surface area is 88.2 Å². The van der Waals surface area contributed by atoms with Gasteiger partial charge in [-0.05, 0) is 6.42 Å². The molecule has 1 aromatic rings. The Morgan fingerprint density at radius 2 is 2.40 bits per heavy atom. The SMILES string of the molecule is CCCC1N=C(c2cncn2C)NC1=O. The van der Waals surface area contributed by atoms with Gasteiger partial charge in [-0.1, -0.05) is 13.3 Å². The summed E-state index contributed by atoms with van der Waals surface area (Å²) in [5.74, 6) is 0.631. The van der Waals surface area contributed by atoms with E-state index in [1.807, 2.05) is 18.5 Å². The average Bonchev–Trinajstić information content (AvgIpc) is 2.75. The second-order valence-electron chi connectivity index (χ2n) is 3.66. The van der Waals surface area contributed by atoms with E-state index in [1.165, 1.54) is 0 Å². The van der Waals surface area contributed by atoms with Crippen LogP contribution in [0, 0.1) is 0 Å². The zero-order valence-corrected chi connectivity index (χ0v) is 8.90. The minimum atomic E-state index is -0.222. The molecule has 1 N–H and O–H groups in total. The van der Waals surface area contributed by atoms with E-state index in [9.17, 15) is 4.79 Å². The van der Waals surface area contributed by atoms with Gasteiger partial charge in [0.1, 0.15) is 11.7 Å². The molecule has 1 atom stereocenters. The first-order valence-electron chi connectivity index (χ1n) is 5.07. The van der Waals surface area contributed by atoms with Gasteiger partial charge < -0.3 is 9.88 Å². The average molecular weight is 206 g/mol. The van der Waals surface area contributed by atoms with E-state index in [4.69, 9.17) is 0 Å². The number of hydrogen-bond donors (Lipinski definition) is 1. The van der Waals surface area contributed by atoms with Gasteiger partial charge in [-0.3, -0.25) is 9.79 Å². The molecule has 1 aliphatic heterocycles. The van der Waals surface area contributed by atoms with Gasteiger partial charge in [-0.2, -0.15) is 0 Å². The van der Waals surface area contributed by atoms with Crippen LogP contribution < -0.4 is 5.32 Å². The van der Waals surface area contributed by atoms with E-state index in [1.54, 1.807) is 12.5 Å². The Hall–Kier alpha value is -1.65. The lowest BCUT2D eigenvalue weighted by Crippen LogP contribution is -2.29. The van der Waals surface area contributed by atoms with Crippen LogP contribution in [-0.4, -0.2) is 27.3 Å². The van der Waals surface area contributed by atoms with Crippen molar-refractivity contribution in [2.45, 2.75) is 25.8 Å². The minimum absolute atomic E-state index is 0.00644. The summed E-state index contributed by atoms with van der Waals surface area (Å²) in [5.41, 5.74) is 0.849. The number of aromatic nitrogens is 2. The van der Waals surface area contributed by atoms with Crippen molar-refractivity contribution in [3.05, 3.63) is 18.2 Å². The summed E-state index contributed by atoms with van der Waals surface area (Å²) in [7, 11) is 1.88. The van der Waals surface area contributed by atoms with Crippen LogP contribution in [0.2, 0.25) is 0 Å². The highest BCUT2D eigenvalue weighted by Gasteiger charge is 2.27. The lowest BCUT2D eigenvalue weighted by atomic mass is 10.2. The molecule has 1 aromatic heterocycles. The molecule has 5 nitrogen and oxygen atoms in total. The molecule has 0 aromatic carbocycles. The number of aryl methyl sites for hydroxylation is 1. The van der Waals surface area contributed by atoms with E-state index in [0.717, 1.165) is 18.5 Å². The van der Waals surface area contributed by atoms with Crippen LogP contribution in [0.1, 0.15) is 25.5 Å². The molecule has 5 heteroatoms. The third-order valence-electron chi connectivity index (χ3n) is 2.45. The number of amides is 1. The molecule has 2 rings (SSSR count). The van der Waals surface area contributed by atoms with Crippen molar-refractivity contribution in [1.29, 1.82) is 0 Å². The monoisotopic (exact) mass is 206 g/mol. The smallest absolute Gasteiger partial charge is 0.250 e. The largest absolute Gasteiger partial charge is 0.331 e. The fourth-order valence-corrected chi connectivity index (χ4v) is 1.63. The fourth-order valence-electron chi connectivity index (χ4n) is 1.63. The number of hydrogen-bond acceptors (Lipinski definition) is 3. The van der Waals surface area contributed by atoms with Crippen molar-refractivity contribution in [2.24, 2.45) is 12.0 Å². The molecule has 1 aliphatic rings. The number of carbonyl (C=O) groups is 1. The van der Waals surface area contributed by atoms with Crippen LogP contribution in [0.25, 0.3) is 0 Å². The first kappa shape index (κ1) is 9.89. The predicted octanol–water partition coefficient (Wildman–Crippen LogP) is 0.465. The quantitative estimate of drug-likeness (QED) is 0.781. The molecule has 0 saturated heterocycles. The lowest BCUT2D eigenvalue weighted by molar-refractivity contribution is -0.120. The highest BCUT2D eigenvalue weighted by molar-refractivity contribution is 6.12. The first-order valence-corrected chi connectivity index (χ1v) is 5.07. The molecule has 15 heavy (non-hydrogen) atoms. The standard InChI is InChI=1S/C10H14N4O/c1-3-4-7-10(15)13-9(12-7)8-5-11-6-14(8)2/h5-7H,3-4H2,1-2H3,(H,12,13,15). The summed E-state index contributed by atoms with van der Waals surface area (Å²) in [6, 6.07) is -0.222. The van der Waals surface area contributed by atoms with Crippen LogP contribution in [0.15, 0.2) is 17.5 Å². The Morgan fingerprint density at radius 3 is 3.00 bits per heavy atom. The Bertz CT molecular complexity index is 407. The van der Waals surface area contributed by atoms with Crippen molar-refractivity contribution in [1.82, 2.24) is 14.9 Å². The molecular formula is C10H14N4O. The molecule has 1 unspecified atom stereocenters. The highest BCUT2D eigenvalue weighted by Crippen LogP contribution is 2.11. The third kappa shape index (κ3) is 1.77. The lowest BCUT2D eigenvalue weighted by Gasteiger charge is -2.00. The Kier molecular flexibility index (Phi) is 2.53. The van der Waals surface area contributed by atoms with Gasteiger partial charge in [-0.15, -0.1) is 0 Å². The van der Waals surface area contributed by atoms with Gasteiger partial charge in [-0.25, -0.2) is 4.98 Å². The molecule has 0 spiro atoms. The fraction of sp³-hybridized carbons (Fsp3) is 0.500. The number of rotatable bonds is 3. The number of aliphatic imine (C=N–C) groups is 1. The van der Waals surface area contributed by atoms with E-state index >= 15 is 0 Å². The maximum absolute atomic E-state index is 11.5. The van der Waals surface area contributed by atoms with Crippen LogP contribution in [-0.2, 0) is 11.8 Å². The summed E-state index contributed by atoms with van der Waals surface area (Å²) in [4.78, 5) is 19.9. The van der Waals surface area contributed by atoms with E-state index in [0.29, 0.717) is 5.84 Å². The topological polar surface area (TPSA) is 59.3 Å². The normalized spacial score (nSPS) is 20.3. The van der Waals surface area contributed by atoms with Gasteiger partial charge in [0.2, 0.25) is 5.91 Å². The number of nitrogens with one attached hydrogen (secondary N) is 1. The molecular weight excluding hydrogens is 192 g/mol. The summed E-state index contributed by atoms with van der Waals surface area (Å²) in [6.45, 7) is 2.05. The van der Waals surface area contributed by atoms with E-state index < -0.39 is 0 Å². The summed E-state index contributed by atoms with van der Waals surface area (Å²) in [5, 5.41) is 2.78. The van der Waals surface area contributed by atoms with Crippen molar-refractivity contribution in [3.63, 3.8) is 0 Å². The molecule has 0 radical (unpaired) electrons. The minimum Gasteiger partial charge on any atom is -0.331 e. The summed E-state index contributed by atoms with van der Waals surface area (Å²) >= 11 is 0. The van der Waals surface area contributed by atoms with Gasteiger partial charge >= 0.3 is 0 Å². The van der Waals surface area contributed by atoms with Crippen LogP contribution in [0.3, 0.4) is 0 Å². The molecule has 2 heterocycles. The van der Waals surface area contributed by atoms with Crippen molar-refractivity contribution in [2.75, 3.05) is 0 Å². The maximum atomic E-state index is 11.5. The molecule has 0 bridgehead atoms. The highest BCUT2D eigenvalue weighted by atomic mass is 16.2. The number of carbonyl (C=O) groups excluding carboxylic acids is 1. The molecule has 0 fully saturated rings. The zero-order valence-electron chi connectivity index (χ0n) is 8.90. The first-order chi connectivity index (χ1) is 7.22. The van der Waals surface area contributed by atoms with Gasteiger partial charge in [0.15, 0.2) is 5.84 Å². The van der Waals surface area contributed by atoms with Gasteiger partial charge in [0.05, 0.1) is 12.5 Å². The molecule has 80 valence electrons. The summed E-state index contributed by atoms with van der Waals surface area (Å²) in [6.07, 6.45) is 5.15. The van der Waals surface area contributed by atoms with E-state index in [-0.39, 0.29) is 11.9 Å². The second kappa shape index (κ2) is 3.84. The van der Waals surface area contributed by atoms with Crippen molar-refractivity contribution >= 4 is 11.7 Å². The zero-order chi connectivity index (χ0) is 10.8. The predicted molar refractivity (Wildman–Crippen MR) is 56.6 cm³/mol. The van der Waals surface area contributed by atoms with Crippen LogP contribution in [0.4, 0.5) is 0 Å². The second-order valence-corrected chi connectivity index (χ2v) is 3.66. The number of nitrogens with zero attached hydrogens (tertiary/aromatic N) is 3. The number of imidazole rings is 1. The maximum Gasteiger partial charge on any atom is 0.250 e. The third-order valence-corrected chi connectivity index (χ3v) is 2.45. The number of amidine groups is 1.